The third kappa shape index (κ3) is 2.28. The number of aromatic nitrogens is 2. The quantitative estimate of drug-likeness (QED) is 0.886. The van der Waals surface area contributed by atoms with Gasteiger partial charge in [-0.3, -0.25) is 0 Å². The minimum absolute atomic E-state index is 0.0102. The molecule has 2 rings (SSSR count). The molecule has 0 bridgehead atoms. The molecular formula is C12H15N3S. The smallest absolute Gasteiger partial charge is 0.147 e. The molecule has 0 fully saturated rings. The highest BCUT2D eigenvalue weighted by Gasteiger charge is 2.11. The first-order valence-corrected chi connectivity index (χ1v) is 6.18. The van der Waals surface area contributed by atoms with E-state index in [0.29, 0.717) is 0 Å². The summed E-state index contributed by atoms with van der Waals surface area (Å²) in [5, 5.41) is 10.2. The van der Waals surface area contributed by atoms with Crippen LogP contribution < -0.4 is 5.73 Å². The summed E-state index contributed by atoms with van der Waals surface area (Å²) < 4.78 is 0. The van der Waals surface area contributed by atoms with Gasteiger partial charge in [0.15, 0.2) is 0 Å². The van der Waals surface area contributed by atoms with Gasteiger partial charge in [0.1, 0.15) is 10.0 Å². The third-order valence-corrected chi connectivity index (χ3v) is 3.57. The summed E-state index contributed by atoms with van der Waals surface area (Å²) in [6.45, 7) is 4.13. The molecule has 2 aromatic rings. The van der Waals surface area contributed by atoms with Gasteiger partial charge in [-0.25, -0.2) is 0 Å². The zero-order chi connectivity index (χ0) is 11.5. The summed E-state index contributed by atoms with van der Waals surface area (Å²) in [5.74, 6) is 0. The number of benzene rings is 1. The highest BCUT2D eigenvalue weighted by atomic mass is 32.1. The van der Waals surface area contributed by atoms with Crippen LogP contribution in [0.2, 0.25) is 0 Å². The minimum Gasteiger partial charge on any atom is -0.322 e. The van der Waals surface area contributed by atoms with Crippen molar-refractivity contribution in [2.45, 2.75) is 26.3 Å². The minimum atomic E-state index is 0.0102. The number of aryl methyl sites for hydroxylation is 1. The van der Waals surface area contributed by atoms with Gasteiger partial charge in [-0.05, 0) is 19.4 Å². The zero-order valence-corrected chi connectivity index (χ0v) is 10.3. The molecule has 0 saturated carbocycles. The molecule has 0 aliphatic heterocycles. The van der Waals surface area contributed by atoms with Crippen LogP contribution in [0.5, 0.6) is 0 Å². The Hall–Kier alpha value is -1.26. The highest BCUT2D eigenvalue weighted by Crippen LogP contribution is 2.27. The summed E-state index contributed by atoms with van der Waals surface area (Å²) in [4.78, 5) is 0. The Morgan fingerprint density at radius 2 is 2.19 bits per heavy atom. The average molecular weight is 233 g/mol. The van der Waals surface area contributed by atoms with Crippen molar-refractivity contribution in [1.82, 2.24) is 10.2 Å². The normalized spacial score (nSPS) is 12.7. The second kappa shape index (κ2) is 4.72. The van der Waals surface area contributed by atoms with E-state index >= 15 is 0 Å². The standard InChI is InChI=1S/C12H15N3S/c1-3-10(13)12-15-14-11(16-12)9-6-4-5-8(2)7-9/h4-7,10H,3,13H2,1-2H3. The van der Waals surface area contributed by atoms with Crippen molar-refractivity contribution >= 4 is 11.3 Å². The van der Waals surface area contributed by atoms with Crippen molar-refractivity contribution in [3.8, 4) is 10.6 Å². The molecule has 0 amide bonds. The Bertz CT molecular complexity index is 479. The highest BCUT2D eigenvalue weighted by molar-refractivity contribution is 7.14. The number of rotatable bonds is 3. The molecule has 4 heteroatoms. The molecule has 16 heavy (non-hydrogen) atoms. The molecule has 84 valence electrons. The second-order valence-corrected chi connectivity index (χ2v) is 4.84. The van der Waals surface area contributed by atoms with E-state index in [4.69, 9.17) is 5.73 Å². The number of hydrogen-bond acceptors (Lipinski definition) is 4. The van der Waals surface area contributed by atoms with Crippen LogP contribution in [0, 0.1) is 6.92 Å². The summed E-state index contributed by atoms with van der Waals surface area (Å²) >= 11 is 1.58. The number of nitrogens with zero attached hydrogens (tertiary/aromatic N) is 2. The van der Waals surface area contributed by atoms with Crippen molar-refractivity contribution in [2.24, 2.45) is 5.73 Å². The van der Waals surface area contributed by atoms with Crippen LogP contribution in [0.15, 0.2) is 24.3 Å². The van der Waals surface area contributed by atoms with Gasteiger partial charge < -0.3 is 5.73 Å². The number of hydrogen-bond donors (Lipinski definition) is 1. The fourth-order valence-corrected chi connectivity index (χ4v) is 2.38. The fourth-order valence-electron chi connectivity index (χ4n) is 1.45. The molecular weight excluding hydrogens is 218 g/mol. The van der Waals surface area contributed by atoms with Gasteiger partial charge in [-0.2, -0.15) is 0 Å². The van der Waals surface area contributed by atoms with E-state index < -0.39 is 0 Å². The van der Waals surface area contributed by atoms with Gasteiger partial charge in [0.05, 0.1) is 6.04 Å². The summed E-state index contributed by atoms with van der Waals surface area (Å²) in [6, 6.07) is 8.28. The van der Waals surface area contributed by atoms with Crippen LogP contribution in [0.1, 0.15) is 30.0 Å². The van der Waals surface area contributed by atoms with Crippen molar-refractivity contribution in [3.05, 3.63) is 34.8 Å². The van der Waals surface area contributed by atoms with Gasteiger partial charge >= 0.3 is 0 Å². The molecule has 2 N–H and O–H groups in total. The maximum atomic E-state index is 5.92. The lowest BCUT2D eigenvalue weighted by Gasteiger charge is -2.00. The third-order valence-electron chi connectivity index (χ3n) is 2.46. The van der Waals surface area contributed by atoms with Gasteiger partial charge in [-0.1, -0.05) is 42.0 Å². The summed E-state index contributed by atoms with van der Waals surface area (Å²) in [7, 11) is 0. The monoisotopic (exact) mass is 233 g/mol. The van der Waals surface area contributed by atoms with Gasteiger partial charge in [0, 0.05) is 5.56 Å². The van der Waals surface area contributed by atoms with E-state index in [2.05, 4.69) is 42.2 Å². The SMILES string of the molecule is CCC(N)c1nnc(-c2cccc(C)c2)s1. The van der Waals surface area contributed by atoms with Crippen LogP contribution >= 0.6 is 11.3 Å². The summed E-state index contributed by atoms with van der Waals surface area (Å²) in [6.07, 6.45) is 0.891. The molecule has 1 heterocycles. The maximum absolute atomic E-state index is 5.92. The maximum Gasteiger partial charge on any atom is 0.147 e. The molecule has 0 spiro atoms. The number of nitrogens with two attached hydrogens (primary N) is 1. The molecule has 0 saturated heterocycles. The van der Waals surface area contributed by atoms with E-state index in [0.717, 1.165) is 22.0 Å². The Labute approximate surface area is 99.3 Å². The predicted octanol–water partition coefficient (Wildman–Crippen LogP) is 2.92. The Kier molecular flexibility index (Phi) is 3.31. The topological polar surface area (TPSA) is 51.8 Å². The Balaban J connectivity index is 2.31. The molecule has 1 atom stereocenters. The first-order valence-electron chi connectivity index (χ1n) is 5.36. The van der Waals surface area contributed by atoms with Crippen molar-refractivity contribution in [1.29, 1.82) is 0 Å². The van der Waals surface area contributed by atoms with E-state index in [9.17, 15) is 0 Å². The Morgan fingerprint density at radius 1 is 1.38 bits per heavy atom. The second-order valence-electron chi connectivity index (χ2n) is 3.83. The van der Waals surface area contributed by atoms with Crippen LogP contribution in [0.4, 0.5) is 0 Å². The molecule has 1 aromatic carbocycles. The van der Waals surface area contributed by atoms with Gasteiger partial charge in [-0.15, -0.1) is 10.2 Å². The van der Waals surface area contributed by atoms with Gasteiger partial charge in [0.25, 0.3) is 0 Å². The molecule has 0 radical (unpaired) electrons. The molecule has 1 unspecified atom stereocenters. The largest absolute Gasteiger partial charge is 0.322 e. The average Bonchev–Trinajstić information content (AvgIpc) is 2.77. The van der Waals surface area contributed by atoms with E-state index in [-0.39, 0.29) is 6.04 Å². The van der Waals surface area contributed by atoms with E-state index in [1.807, 2.05) is 6.07 Å². The van der Waals surface area contributed by atoms with Crippen LogP contribution in [-0.2, 0) is 0 Å². The van der Waals surface area contributed by atoms with E-state index in [1.165, 1.54) is 5.56 Å². The van der Waals surface area contributed by atoms with Crippen molar-refractivity contribution in [2.75, 3.05) is 0 Å². The molecule has 1 aromatic heterocycles. The van der Waals surface area contributed by atoms with Crippen LogP contribution in [0.3, 0.4) is 0 Å². The fraction of sp³-hybridized carbons (Fsp3) is 0.333. The molecule has 0 aliphatic carbocycles. The van der Waals surface area contributed by atoms with Crippen LogP contribution in [-0.4, -0.2) is 10.2 Å². The Morgan fingerprint density at radius 3 is 2.88 bits per heavy atom. The molecule has 3 nitrogen and oxygen atoms in total. The van der Waals surface area contributed by atoms with Crippen molar-refractivity contribution in [3.63, 3.8) is 0 Å². The summed E-state index contributed by atoms with van der Waals surface area (Å²) in [5.41, 5.74) is 8.27. The first-order chi connectivity index (χ1) is 7.70. The van der Waals surface area contributed by atoms with Crippen molar-refractivity contribution < 1.29 is 0 Å². The lowest BCUT2D eigenvalue weighted by molar-refractivity contribution is 0.683. The first kappa shape index (κ1) is 11.2. The molecule has 0 aliphatic rings. The lowest BCUT2D eigenvalue weighted by atomic mass is 10.1. The lowest BCUT2D eigenvalue weighted by Crippen LogP contribution is -2.07. The zero-order valence-electron chi connectivity index (χ0n) is 9.47. The van der Waals surface area contributed by atoms with Gasteiger partial charge in [0.2, 0.25) is 0 Å². The predicted molar refractivity (Wildman–Crippen MR) is 67.3 cm³/mol. The van der Waals surface area contributed by atoms with E-state index in [1.54, 1.807) is 11.3 Å². The van der Waals surface area contributed by atoms with Crippen LogP contribution in [0.25, 0.3) is 10.6 Å².